The number of aromatic carboxylic acids is 1. The van der Waals surface area contributed by atoms with Gasteiger partial charge in [0.1, 0.15) is 28.6 Å². The molecule has 0 spiro atoms. The van der Waals surface area contributed by atoms with Gasteiger partial charge < -0.3 is 24.1 Å². The van der Waals surface area contributed by atoms with Crippen LogP contribution in [0.5, 0.6) is 23.0 Å². The van der Waals surface area contributed by atoms with E-state index in [9.17, 15) is 48.1 Å². The minimum Gasteiger partial charge on any atom is -0.545 e. The molecule has 0 aliphatic carbocycles. The van der Waals surface area contributed by atoms with Crippen LogP contribution in [0.3, 0.4) is 0 Å². The number of hydrogen-bond acceptors (Lipinski definition) is 10. The summed E-state index contributed by atoms with van der Waals surface area (Å²) in [5.41, 5.74) is -3.02. The van der Waals surface area contributed by atoms with Gasteiger partial charge in [0.25, 0.3) is 11.4 Å². The van der Waals surface area contributed by atoms with Crippen LogP contribution in [0.15, 0.2) is 72.8 Å². The second-order valence-electron chi connectivity index (χ2n) is 8.57. The number of methoxy groups -OCH3 is 1. The van der Waals surface area contributed by atoms with E-state index >= 15 is 0 Å². The number of nitrogens with zero attached hydrogens (tertiary/aromatic N) is 2. The zero-order chi connectivity index (χ0) is 34.3. The van der Waals surface area contributed by atoms with Gasteiger partial charge in [0.2, 0.25) is 0 Å². The molecule has 0 atom stereocenters. The SMILES string of the molecule is COC(=O)c1cc(Oc2ccc(Cl)cc2Cl)ccc1[N+](=O)[O-].O=C([O-])c1cc(Oc2ccc(C(F)(F)F)cc2Cl)ccc1[N+](=O)[O-].[Na+]. The van der Waals surface area contributed by atoms with Crippen LogP contribution in [0, 0.1) is 20.2 Å². The topological polar surface area (TPSA) is 171 Å². The van der Waals surface area contributed by atoms with Crippen LogP contribution in [0.25, 0.3) is 0 Å². The molecule has 4 aromatic carbocycles. The molecule has 0 fully saturated rings. The third-order valence-electron chi connectivity index (χ3n) is 5.56. The number of carbonyl (C=O) groups excluding carboxylic acids is 2. The van der Waals surface area contributed by atoms with Gasteiger partial charge in [-0.1, -0.05) is 34.8 Å². The first-order valence-corrected chi connectivity index (χ1v) is 13.2. The van der Waals surface area contributed by atoms with Crippen LogP contribution in [-0.4, -0.2) is 28.9 Å². The van der Waals surface area contributed by atoms with Crippen molar-refractivity contribution >= 4 is 58.1 Å². The molecule has 0 aromatic heterocycles. The second-order valence-corrected chi connectivity index (χ2v) is 9.82. The van der Waals surface area contributed by atoms with Crippen molar-refractivity contribution < 1.29 is 81.5 Å². The molecular formula is C28H15Cl3F3N2NaO10. The monoisotopic (exact) mass is 724 g/mol. The molecule has 0 bridgehead atoms. The maximum absolute atomic E-state index is 12.6. The number of carbonyl (C=O) groups is 2. The molecule has 0 aliphatic rings. The van der Waals surface area contributed by atoms with Gasteiger partial charge in [-0.25, -0.2) is 4.79 Å². The van der Waals surface area contributed by atoms with Crippen molar-refractivity contribution in [1.82, 2.24) is 0 Å². The number of alkyl halides is 3. The van der Waals surface area contributed by atoms with Crippen LogP contribution in [0.1, 0.15) is 26.3 Å². The zero-order valence-corrected chi connectivity index (χ0v) is 27.9. The number of nitro groups is 2. The summed E-state index contributed by atoms with van der Waals surface area (Å²) in [5, 5.41) is 32.9. The molecule has 0 unspecified atom stereocenters. The van der Waals surface area contributed by atoms with Crippen molar-refractivity contribution in [3.8, 4) is 23.0 Å². The maximum atomic E-state index is 12.6. The maximum Gasteiger partial charge on any atom is 1.00 e. The number of hydrogen-bond donors (Lipinski definition) is 0. The van der Waals surface area contributed by atoms with Gasteiger partial charge in [0, 0.05) is 23.2 Å². The Kier molecular flexibility index (Phi) is 13.8. The number of esters is 1. The Hall–Kier alpha value is -4.12. The van der Waals surface area contributed by atoms with Gasteiger partial charge >= 0.3 is 41.7 Å². The molecule has 0 saturated carbocycles. The predicted molar refractivity (Wildman–Crippen MR) is 155 cm³/mol. The molecule has 19 heteroatoms. The fraction of sp³-hybridized carbons (Fsp3) is 0.0714. The number of carboxylic acid groups (broad SMARTS) is 1. The van der Waals surface area contributed by atoms with Crippen molar-refractivity contribution in [1.29, 1.82) is 0 Å². The molecule has 47 heavy (non-hydrogen) atoms. The molecule has 0 heterocycles. The van der Waals surface area contributed by atoms with E-state index in [1.807, 2.05) is 0 Å². The number of benzene rings is 4. The largest absolute Gasteiger partial charge is 1.00 e. The Balaban J connectivity index is 0.000000321. The van der Waals surface area contributed by atoms with Gasteiger partial charge in [-0.15, -0.1) is 0 Å². The van der Waals surface area contributed by atoms with Crippen molar-refractivity contribution in [2.24, 2.45) is 0 Å². The van der Waals surface area contributed by atoms with Crippen LogP contribution < -0.4 is 44.1 Å². The Labute approximate surface area is 299 Å². The zero-order valence-electron chi connectivity index (χ0n) is 23.7. The van der Waals surface area contributed by atoms with Gasteiger partial charge in [-0.05, 0) is 54.6 Å². The molecule has 4 rings (SSSR count). The molecule has 0 radical (unpaired) electrons. The van der Waals surface area contributed by atoms with Crippen molar-refractivity contribution in [2.75, 3.05) is 7.11 Å². The standard InChI is InChI=1S/C14H9Cl2NO5.C14H7ClF3NO5.Na/c1-21-14(18)10-7-9(3-4-12(10)17(19)20)22-13-5-2-8(15)6-11(13)16;15-10-5-7(14(16,17)18)1-4-12(10)24-8-2-3-11(19(22)23)9(6-8)13(20)21;/h2-7H,1H3;1-6H,(H,20,21);/q;;+1/p-1. The van der Waals surface area contributed by atoms with Crippen molar-refractivity contribution in [3.05, 3.63) is 125 Å². The van der Waals surface area contributed by atoms with Gasteiger partial charge in [0.05, 0.1) is 44.1 Å². The van der Waals surface area contributed by atoms with Crippen LogP contribution in [0.4, 0.5) is 24.5 Å². The summed E-state index contributed by atoms with van der Waals surface area (Å²) in [5.74, 6) is -2.47. The van der Waals surface area contributed by atoms with E-state index in [1.54, 1.807) is 12.1 Å². The van der Waals surface area contributed by atoms with E-state index in [-0.39, 0.29) is 68.1 Å². The third kappa shape index (κ3) is 10.4. The summed E-state index contributed by atoms with van der Waals surface area (Å²) in [7, 11) is 1.13. The van der Waals surface area contributed by atoms with Crippen molar-refractivity contribution in [2.45, 2.75) is 6.18 Å². The molecule has 0 aliphatic heterocycles. The molecule has 0 saturated heterocycles. The summed E-state index contributed by atoms with van der Waals surface area (Å²) in [6, 6.07) is 13.4. The summed E-state index contributed by atoms with van der Waals surface area (Å²) >= 11 is 17.5. The van der Waals surface area contributed by atoms with E-state index in [0.717, 1.165) is 43.5 Å². The quantitative estimate of drug-likeness (QED) is 0.105. The average Bonchev–Trinajstić information content (AvgIpc) is 2.98. The Bertz CT molecular complexity index is 1840. The molecular weight excluding hydrogens is 711 g/mol. The van der Waals surface area contributed by atoms with E-state index < -0.39 is 44.8 Å². The van der Waals surface area contributed by atoms with Crippen molar-refractivity contribution in [3.63, 3.8) is 0 Å². The summed E-state index contributed by atoms with van der Waals surface area (Å²) in [4.78, 5) is 42.6. The van der Waals surface area contributed by atoms with Crippen LogP contribution in [-0.2, 0) is 10.9 Å². The smallest absolute Gasteiger partial charge is 0.545 e. The Morgan fingerprint density at radius 2 is 1.19 bits per heavy atom. The predicted octanol–water partition coefficient (Wildman–Crippen LogP) is 4.91. The van der Waals surface area contributed by atoms with E-state index in [1.165, 1.54) is 18.2 Å². The minimum absolute atomic E-state index is 0. The first kappa shape index (κ1) is 39.1. The number of nitro benzene ring substituents is 2. The third-order valence-corrected chi connectivity index (χ3v) is 6.39. The van der Waals surface area contributed by atoms with Crippen LogP contribution >= 0.6 is 34.8 Å². The number of halogens is 6. The molecule has 12 nitrogen and oxygen atoms in total. The number of rotatable bonds is 8. The number of ether oxygens (including phenoxy) is 3. The fourth-order valence-corrected chi connectivity index (χ4v) is 4.15. The molecule has 0 N–H and O–H groups in total. The summed E-state index contributed by atoms with van der Waals surface area (Å²) in [6.45, 7) is 0. The normalized spacial score (nSPS) is 10.4. The first-order chi connectivity index (χ1) is 21.5. The van der Waals surface area contributed by atoms with Gasteiger partial charge in [-0.2, -0.15) is 13.2 Å². The Morgan fingerprint density at radius 1 is 0.723 bits per heavy atom. The number of carboxylic acids is 1. The molecule has 240 valence electrons. The van der Waals surface area contributed by atoms with E-state index in [4.69, 9.17) is 44.3 Å². The minimum atomic E-state index is -4.59. The second kappa shape index (κ2) is 16.6. The van der Waals surface area contributed by atoms with E-state index in [0.29, 0.717) is 16.8 Å². The molecule has 4 aromatic rings. The molecule has 0 amide bonds. The summed E-state index contributed by atoms with van der Waals surface area (Å²) < 4.78 is 52.9. The fourth-order valence-electron chi connectivity index (χ4n) is 3.48. The van der Waals surface area contributed by atoms with E-state index in [2.05, 4.69) is 4.74 Å². The van der Waals surface area contributed by atoms with Crippen LogP contribution in [0.2, 0.25) is 15.1 Å². The first-order valence-electron chi connectivity index (χ1n) is 12.1. The Morgan fingerprint density at radius 3 is 1.62 bits per heavy atom. The van der Waals surface area contributed by atoms with Gasteiger partial charge in [-0.3, -0.25) is 20.2 Å². The summed E-state index contributed by atoms with van der Waals surface area (Å²) in [6.07, 6.45) is -4.59. The van der Waals surface area contributed by atoms with Gasteiger partial charge in [0.15, 0.2) is 0 Å². The average molecular weight is 726 g/mol.